The van der Waals surface area contributed by atoms with E-state index in [0.717, 1.165) is 23.7 Å². The maximum Gasteiger partial charge on any atom is 0.273 e. The van der Waals surface area contributed by atoms with Crippen molar-refractivity contribution in [3.05, 3.63) is 44.9 Å². The predicted molar refractivity (Wildman–Crippen MR) is 81.5 cm³/mol. The van der Waals surface area contributed by atoms with Crippen LogP contribution in [0.25, 0.3) is 0 Å². The molecule has 0 radical (unpaired) electrons. The second-order valence-corrected chi connectivity index (χ2v) is 5.67. The lowest BCUT2D eigenvalue weighted by atomic mass is 10.2. The van der Waals surface area contributed by atoms with Crippen LogP contribution in [-0.4, -0.2) is 23.0 Å². The third kappa shape index (κ3) is 4.34. The number of nitro groups is 1. The highest BCUT2D eigenvalue weighted by Gasteiger charge is 2.13. The lowest BCUT2D eigenvalue weighted by Crippen LogP contribution is -2.05. The summed E-state index contributed by atoms with van der Waals surface area (Å²) in [5.74, 6) is 1.90. The Hall–Kier alpha value is -1.01. The Morgan fingerprint density at radius 3 is 2.94 bits per heavy atom. The summed E-state index contributed by atoms with van der Waals surface area (Å²) in [5.41, 5.74) is 1.68. The minimum Gasteiger partial charge on any atom is -0.383 e. The van der Waals surface area contributed by atoms with Crippen LogP contribution >= 0.6 is 27.7 Å². The van der Waals surface area contributed by atoms with Gasteiger partial charge in [0.2, 0.25) is 0 Å². The van der Waals surface area contributed by atoms with Gasteiger partial charge in [0.05, 0.1) is 4.92 Å². The molecule has 98 valence electrons. The summed E-state index contributed by atoms with van der Waals surface area (Å²) in [6.07, 6.45) is 1.87. The molecular formula is C12H15BrN2O2S. The second kappa shape index (κ2) is 7.43. The van der Waals surface area contributed by atoms with Crippen molar-refractivity contribution in [2.24, 2.45) is 0 Å². The Morgan fingerprint density at radius 1 is 1.61 bits per heavy atom. The first-order valence-electron chi connectivity index (χ1n) is 5.43. The fourth-order valence-corrected chi connectivity index (χ4v) is 2.48. The fraction of sp³-hybridized carbons (Fsp3) is 0.333. The maximum atomic E-state index is 10.8. The monoisotopic (exact) mass is 330 g/mol. The van der Waals surface area contributed by atoms with Crippen molar-refractivity contribution in [2.75, 3.05) is 23.4 Å². The third-order valence-electron chi connectivity index (χ3n) is 2.28. The molecule has 1 N–H and O–H groups in total. The van der Waals surface area contributed by atoms with Crippen molar-refractivity contribution in [2.45, 2.75) is 6.92 Å². The number of aryl methyl sites for hydroxylation is 1. The summed E-state index contributed by atoms with van der Waals surface area (Å²) in [6, 6.07) is 3.33. The lowest BCUT2D eigenvalue weighted by Gasteiger charge is -2.09. The van der Waals surface area contributed by atoms with Gasteiger partial charge in [0.1, 0.15) is 0 Å². The SMILES string of the molecule is C=CCSCCNc1cc(C)c([N+](=O)[O-])cc1Br. The van der Waals surface area contributed by atoms with Gasteiger partial charge in [-0.1, -0.05) is 6.08 Å². The number of nitro benzene ring substituents is 1. The summed E-state index contributed by atoms with van der Waals surface area (Å²) in [5, 5.41) is 14.0. The molecule has 1 aromatic rings. The van der Waals surface area contributed by atoms with E-state index in [-0.39, 0.29) is 10.6 Å². The van der Waals surface area contributed by atoms with Crippen LogP contribution in [0.5, 0.6) is 0 Å². The Bertz CT molecular complexity index is 452. The van der Waals surface area contributed by atoms with Crippen molar-refractivity contribution >= 4 is 39.1 Å². The number of hydrogen-bond acceptors (Lipinski definition) is 4. The van der Waals surface area contributed by atoms with E-state index in [0.29, 0.717) is 10.0 Å². The molecule has 1 rings (SSSR count). The number of halogens is 1. The molecular weight excluding hydrogens is 316 g/mol. The standard InChI is InChI=1S/C12H15BrN2O2S/c1-3-5-18-6-4-14-11-7-9(2)12(15(16)17)8-10(11)13/h3,7-8,14H,1,4-6H2,2H3. The maximum absolute atomic E-state index is 10.8. The molecule has 0 unspecified atom stereocenters. The Kier molecular flexibility index (Phi) is 6.21. The molecule has 0 aliphatic heterocycles. The number of benzene rings is 1. The van der Waals surface area contributed by atoms with E-state index in [2.05, 4.69) is 27.8 Å². The predicted octanol–water partition coefficient (Wildman–Crippen LogP) is 4.00. The van der Waals surface area contributed by atoms with Crippen molar-refractivity contribution in [1.82, 2.24) is 0 Å². The lowest BCUT2D eigenvalue weighted by molar-refractivity contribution is -0.385. The van der Waals surface area contributed by atoms with Gasteiger partial charge >= 0.3 is 0 Å². The van der Waals surface area contributed by atoms with E-state index < -0.39 is 0 Å². The van der Waals surface area contributed by atoms with Crippen molar-refractivity contribution in [1.29, 1.82) is 0 Å². The summed E-state index contributed by atoms with van der Waals surface area (Å²) < 4.78 is 0.716. The molecule has 0 aromatic heterocycles. The van der Waals surface area contributed by atoms with Crippen LogP contribution in [0.2, 0.25) is 0 Å². The third-order valence-corrected chi connectivity index (χ3v) is 3.90. The van der Waals surface area contributed by atoms with Crippen LogP contribution < -0.4 is 5.32 Å². The van der Waals surface area contributed by atoms with Gasteiger partial charge in [-0.25, -0.2) is 0 Å². The quantitative estimate of drug-likeness (QED) is 0.355. The van der Waals surface area contributed by atoms with E-state index in [1.54, 1.807) is 24.8 Å². The second-order valence-electron chi connectivity index (χ2n) is 3.67. The van der Waals surface area contributed by atoms with Gasteiger partial charge in [0.25, 0.3) is 5.69 Å². The molecule has 0 atom stereocenters. The smallest absolute Gasteiger partial charge is 0.273 e. The number of nitrogens with one attached hydrogen (secondary N) is 1. The highest BCUT2D eigenvalue weighted by atomic mass is 79.9. The van der Waals surface area contributed by atoms with Gasteiger partial charge in [0.15, 0.2) is 0 Å². The summed E-state index contributed by atoms with van der Waals surface area (Å²) in [7, 11) is 0. The highest BCUT2D eigenvalue weighted by molar-refractivity contribution is 9.10. The molecule has 0 fully saturated rings. The first kappa shape index (κ1) is 15.0. The minimum absolute atomic E-state index is 0.133. The molecule has 0 amide bonds. The zero-order valence-electron chi connectivity index (χ0n) is 10.1. The fourth-order valence-electron chi connectivity index (χ4n) is 1.43. The van der Waals surface area contributed by atoms with Crippen LogP contribution in [0.1, 0.15) is 5.56 Å². The van der Waals surface area contributed by atoms with Gasteiger partial charge in [-0.15, -0.1) is 6.58 Å². The van der Waals surface area contributed by atoms with Gasteiger partial charge in [-0.05, 0) is 28.9 Å². The highest BCUT2D eigenvalue weighted by Crippen LogP contribution is 2.30. The van der Waals surface area contributed by atoms with Crippen LogP contribution in [0, 0.1) is 17.0 Å². The normalized spacial score (nSPS) is 10.1. The number of anilines is 1. The Balaban J connectivity index is 2.64. The summed E-state index contributed by atoms with van der Waals surface area (Å²) in [6.45, 7) is 6.21. The molecule has 0 saturated heterocycles. The van der Waals surface area contributed by atoms with E-state index in [4.69, 9.17) is 0 Å². The molecule has 0 spiro atoms. The van der Waals surface area contributed by atoms with Crippen molar-refractivity contribution in [3.8, 4) is 0 Å². The topological polar surface area (TPSA) is 55.2 Å². The Morgan fingerprint density at radius 2 is 2.33 bits per heavy atom. The zero-order chi connectivity index (χ0) is 13.5. The van der Waals surface area contributed by atoms with Gasteiger partial charge in [-0.2, -0.15) is 11.8 Å². The first-order valence-corrected chi connectivity index (χ1v) is 7.38. The molecule has 6 heteroatoms. The van der Waals surface area contributed by atoms with Crippen LogP contribution in [0.15, 0.2) is 29.3 Å². The van der Waals surface area contributed by atoms with Crippen molar-refractivity contribution < 1.29 is 4.92 Å². The van der Waals surface area contributed by atoms with E-state index in [1.165, 1.54) is 6.07 Å². The molecule has 0 aliphatic carbocycles. The van der Waals surface area contributed by atoms with Crippen LogP contribution in [0.3, 0.4) is 0 Å². The van der Waals surface area contributed by atoms with Gasteiger partial charge in [-0.3, -0.25) is 10.1 Å². The average molecular weight is 331 g/mol. The molecule has 0 aliphatic rings. The van der Waals surface area contributed by atoms with Crippen molar-refractivity contribution in [3.63, 3.8) is 0 Å². The zero-order valence-corrected chi connectivity index (χ0v) is 12.5. The number of rotatable bonds is 7. The molecule has 0 bridgehead atoms. The molecule has 0 saturated carbocycles. The van der Waals surface area contributed by atoms with Gasteiger partial charge in [0, 0.05) is 39.8 Å². The van der Waals surface area contributed by atoms with E-state index in [1.807, 2.05) is 6.08 Å². The average Bonchev–Trinajstić information content (AvgIpc) is 2.32. The largest absolute Gasteiger partial charge is 0.383 e. The first-order chi connectivity index (χ1) is 8.56. The number of hydrogen-bond donors (Lipinski definition) is 1. The van der Waals surface area contributed by atoms with E-state index in [9.17, 15) is 10.1 Å². The molecule has 18 heavy (non-hydrogen) atoms. The van der Waals surface area contributed by atoms with E-state index >= 15 is 0 Å². The summed E-state index contributed by atoms with van der Waals surface area (Å²) in [4.78, 5) is 10.4. The Labute approximate surface area is 119 Å². The number of nitrogens with zero attached hydrogens (tertiary/aromatic N) is 1. The van der Waals surface area contributed by atoms with Crippen LogP contribution in [0.4, 0.5) is 11.4 Å². The van der Waals surface area contributed by atoms with Crippen LogP contribution in [-0.2, 0) is 0 Å². The number of thioether (sulfide) groups is 1. The molecule has 4 nitrogen and oxygen atoms in total. The van der Waals surface area contributed by atoms with Gasteiger partial charge < -0.3 is 5.32 Å². The molecule has 1 aromatic carbocycles. The molecule has 0 heterocycles. The summed E-state index contributed by atoms with van der Waals surface area (Å²) >= 11 is 5.13. The minimum atomic E-state index is -0.371.